The molecule has 12 nitrogen and oxygen atoms in total. The Morgan fingerprint density at radius 1 is 1.10 bits per heavy atom. The third kappa shape index (κ3) is 5.17. The van der Waals surface area contributed by atoms with Crippen LogP contribution in [0, 0.1) is 6.92 Å². The van der Waals surface area contributed by atoms with Crippen molar-refractivity contribution in [2.45, 2.75) is 25.8 Å². The van der Waals surface area contributed by atoms with E-state index in [0.29, 0.717) is 47.3 Å². The molecule has 196 valence electrons. The molecule has 0 atom stereocenters. The number of benzene rings is 1. The van der Waals surface area contributed by atoms with E-state index in [0.717, 1.165) is 29.8 Å². The predicted molar refractivity (Wildman–Crippen MR) is 146 cm³/mol. The SMILES string of the molecule is C=CC(=O)N1CCC(Nc2ncc3ncnc(Nc4ccc(Oc5ccn6ncnc6c5)c(C)c4)c3n2)CC1. The zero-order valence-electron chi connectivity index (χ0n) is 21.3. The number of amides is 1. The first-order valence-electron chi connectivity index (χ1n) is 12.6. The Hall–Kier alpha value is -5.13. The highest BCUT2D eigenvalue weighted by molar-refractivity contribution is 5.87. The van der Waals surface area contributed by atoms with Crippen LogP contribution in [0.1, 0.15) is 18.4 Å². The minimum absolute atomic E-state index is 0.0357. The highest BCUT2D eigenvalue weighted by atomic mass is 16.5. The van der Waals surface area contributed by atoms with Gasteiger partial charge in [-0.05, 0) is 55.7 Å². The number of carbonyl (C=O) groups excluding carboxylic acids is 1. The lowest BCUT2D eigenvalue weighted by molar-refractivity contribution is -0.126. The number of carbonyl (C=O) groups is 1. The molecule has 0 bridgehead atoms. The molecule has 1 aromatic carbocycles. The number of ether oxygens (including phenoxy) is 1. The van der Waals surface area contributed by atoms with Crippen molar-refractivity contribution >= 4 is 40.0 Å². The Bertz CT molecular complexity index is 1680. The molecule has 1 amide bonds. The van der Waals surface area contributed by atoms with Crippen LogP contribution in [0.4, 0.5) is 17.5 Å². The van der Waals surface area contributed by atoms with Gasteiger partial charge < -0.3 is 20.3 Å². The Balaban J connectivity index is 1.17. The van der Waals surface area contributed by atoms with Crippen LogP contribution in [0.2, 0.25) is 0 Å². The molecule has 4 aromatic heterocycles. The van der Waals surface area contributed by atoms with Gasteiger partial charge in [-0.2, -0.15) is 5.10 Å². The van der Waals surface area contributed by atoms with Gasteiger partial charge in [0.05, 0.1) is 6.20 Å². The van der Waals surface area contributed by atoms with Crippen molar-refractivity contribution in [1.82, 2.24) is 39.4 Å². The van der Waals surface area contributed by atoms with E-state index in [1.807, 2.05) is 37.3 Å². The van der Waals surface area contributed by atoms with E-state index in [9.17, 15) is 4.79 Å². The minimum Gasteiger partial charge on any atom is -0.457 e. The highest BCUT2D eigenvalue weighted by Gasteiger charge is 2.22. The molecular weight excluding hydrogens is 496 g/mol. The van der Waals surface area contributed by atoms with Crippen molar-refractivity contribution in [3.63, 3.8) is 0 Å². The van der Waals surface area contributed by atoms with Crippen molar-refractivity contribution < 1.29 is 9.53 Å². The quantitative estimate of drug-likeness (QED) is 0.303. The molecule has 1 aliphatic heterocycles. The zero-order chi connectivity index (χ0) is 26.8. The van der Waals surface area contributed by atoms with Crippen molar-refractivity contribution in [2.75, 3.05) is 23.7 Å². The highest BCUT2D eigenvalue weighted by Crippen LogP contribution is 2.30. The molecule has 1 saturated heterocycles. The molecule has 5 heterocycles. The maximum Gasteiger partial charge on any atom is 0.245 e. The van der Waals surface area contributed by atoms with Gasteiger partial charge >= 0.3 is 0 Å². The third-order valence-corrected chi connectivity index (χ3v) is 6.61. The van der Waals surface area contributed by atoms with Crippen LogP contribution in [-0.2, 0) is 4.79 Å². The first-order valence-corrected chi connectivity index (χ1v) is 12.6. The second kappa shape index (κ2) is 10.3. The third-order valence-electron chi connectivity index (χ3n) is 6.61. The smallest absolute Gasteiger partial charge is 0.245 e. The maximum absolute atomic E-state index is 11.9. The van der Waals surface area contributed by atoms with Crippen LogP contribution in [0.5, 0.6) is 11.5 Å². The Labute approximate surface area is 223 Å². The molecule has 5 aromatic rings. The van der Waals surface area contributed by atoms with Gasteiger partial charge in [-0.1, -0.05) is 6.58 Å². The summed E-state index contributed by atoms with van der Waals surface area (Å²) in [7, 11) is 0. The molecule has 6 rings (SSSR count). The number of hydrogen-bond donors (Lipinski definition) is 2. The van der Waals surface area contributed by atoms with Crippen LogP contribution in [0.3, 0.4) is 0 Å². The number of pyridine rings is 1. The Morgan fingerprint density at radius 2 is 1.97 bits per heavy atom. The molecule has 0 unspecified atom stereocenters. The lowest BCUT2D eigenvalue weighted by Gasteiger charge is -2.31. The number of fused-ring (bicyclic) bond motifs is 2. The fourth-order valence-electron chi connectivity index (χ4n) is 4.54. The number of likely N-dealkylation sites (tertiary alicyclic amines) is 1. The lowest BCUT2D eigenvalue weighted by Crippen LogP contribution is -2.41. The van der Waals surface area contributed by atoms with Gasteiger partial charge in [0.1, 0.15) is 35.2 Å². The summed E-state index contributed by atoms with van der Waals surface area (Å²) < 4.78 is 7.77. The summed E-state index contributed by atoms with van der Waals surface area (Å²) >= 11 is 0. The number of anilines is 3. The molecule has 0 aliphatic carbocycles. The van der Waals surface area contributed by atoms with E-state index >= 15 is 0 Å². The standard InChI is InChI=1S/C27H26N10O2/c1-3-24(38)36-9-6-18(7-10-36)34-27-28-14-21-25(35-27)26(31-15-29-21)33-19-4-5-22(17(2)12-19)39-20-8-11-37-23(13-20)30-16-32-37/h3-5,8,11-16,18H,1,6-7,9-10H2,2H3,(H,28,34,35)(H,29,31,33). The summed E-state index contributed by atoms with van der Waals surface area (Å²) in [4.78, 5) is 35.7. The average Bonchev–Trinajstić information content (AvgIpc) is 3.43. The summed E-state index contributed by atoms with van der Waals surface area (Å²) in [5.74, 6) is 2.44. The maximum atomic E-state index is 11.9. The van der Waals surface area contributed by atoms with Gasteiger partial charge in [-0.15, -0.1) is 0 Å². The van der Waals surface area contributed by atoms with Gasteiger partial charge in [-0.25, -0.2) is 29.4 Å². The number of nitrogens with one attached hydrogen (secondary N) is 2. The van der Waals surface area contributed by atoms with Gasteiger partial charge in [-0.3, -0.25) is 4.79 Å². The number of nitrogens with zero attached hydrogens (tertiary/aromatic N) is 8. The van der Waals surface area contributed by atoms with E-state index in [1.165, 1.54) is 18.7 Å². The van der Waals surface area contributed by atoms with Crippen LogP contribution in [0.15, 0.2) is 68.0 Å². The lowest BCUT2D eigenvalue weighted by atomic mass is 10.1. The first-order chi connectivity index (χ1) is 19.1. The summed E-state index contributed by atoms with van der Waals surface area (Å²) in [6.07, 6.45) is 9.44. The number of hydrogen-bond acceptors (Lipinski definition) is 10. The molecule has 1 aliphatic rings. The van der Waals surface area contributed by atoms with Gasteiger partial charge in [0.15, 0.2) is 11.5 Å². The second-order valence-electron chi connectivity index (χ2n) is 9.23. The van der Waals surface area contributed by atoms with E-state index in [1.54, 1.807) is 21.8 Å². The van der Waals surface area contributed by atoms with E-state index < -0.39 is 0 Å². The van der Waals surface area contributed by atoms with Gasteiger partial charge in [0.25, 0.3) is 0 Å². The molecule has 1 fully saturated rings. The van der Waals surface area contributed by atoms with Crippen LogP contribution in [-0.4, -0.2) is 64.5 Å². The Morgan fingerprint density at radius 3 is 2.79 bits per heavy atom. The van der Waals surface area contributed by atoms with Gasteiger partial charge in [0.2, 0.25) is 11.9 Å². The largest absolute Gasteiger partial charge is 0.457 e. The Kier molecular flexibility index (Phi) is 6.41. The number of aryl methyl sites for hydroxylation is 1. The second-order valence-corrected chi connectivity index (χ2v) is 9.23. The molecule has 0 spiro atoms. The molecule has 39 heavy (non-hydrogen) atoms. The van der Waals surface area contributed by atoms with E-state index in [-0.39, 0.29) is 11.9 Å². The van der Waals surface area contributed by atoms with Crippen molar-refractivity contribution in [3.05, 3.63) is 73.6 Å². The molecule has 0 saturated carbocycles. The molecule has 0 radical (unpaired) electrons. The minimum atomic E-state index is -0.0357. The van der Waals surface area contributed by atoms with Crippen LogP contribution >= 0.6 is 0 Å². The number of piperidine rings is 1. The molecular formula is C27H26N10O2. The van der Waals surface area contributed by atoms with Crippen molar-refractivity contribution in [1.29, 1.82) is 0 Å². The van der Waals surface area contributed by atoms with Crippen LogP contribution in [0.25, 0.3) is 16.7 Å². The molecule has 2 N–H and O–H groups in total. The molecule has 12 heteroatoms. The number of aromatic nitrogens is 7. The summed E-state index contributed by atoms with van der Waals surface area (Å²) in [6, 6.07) is 9.65. The van der Waals surface area contributed by atoms with Crippen molar-refractivity contribution in [3.8, 4) is 11.5 Å². The fourth-order valence-corrected chi connectivity index (χ4v) is 4.54. The van der Waals surface area contributed by atoms with E-state index in [2.05, 4.69) is 42.2 Å². The topological polar surface area (TPSA) is 135 Å². The monoisotopic (exact) mass is 522 g/mol. The summed E-state index contributed by atoms with van der Waals surface area (Å²) in [6.45, 7) is 6.88. The normalized spacial score (nSPS) is 13.9. The first kappa shape index (κ1) is 24.2. The predicted octanol–water partition coefficient (Wildman–Crippen LogP) is 3.90. The van der Waals surface area contributed by atoms with E-state index in [4.69, 9.17) is 9.72 Å². The summed E-state index contributed by atoms with van der Waals surface area (Å²) in [5.41, 5.74) is 3.72. The zero-order valence-corrected chi connectivity index (χ0v) is 21.3. The van der Waals surface area contributed by atoms with Crippen molar-refractivity contribution in [2.24, 2.45) is 0 Å². The fraction of sp³-hybridized carbons (Fsp3) is 0.222. The average molecular weight is 523 g/mol. The summed E-state index contributed by atoms with van der Waals surface area (Å²) in [5, 5.41) is 10.9. The number of rotatable bonds is 7. The van der Waals surface area contributed by atoms with Gasteiger partial charge in [0, 0.05) is 37.1 Å². The van der Waals surface area contributed by atoms with Crippen LogP contribution < -0.4 is 15.4 Å².